The second-order valence-electron chi connectivity index (χ2n) is 7.00. The van der Waals surface area contributed by atoms with Crippen LogP contribution >= 0.6 is 12.2 Å². The number of carbonyl (C=O) groups excluding carboxylic acids is 2. The smallest absolute Gasteiger partial charge is 0.276 e. The second kappa shape index (κ2) is 12.5. The Hall–Kier alpha value is -3.13. The molecule has 2 aromatic carbocycles. The minimum atomic E-state index is -0.431. The van der Waals surface area contributed by atoms with Crippen LogP contribution in [0.1, 0.15) is 55.5 Å². The van der Waals surface area contributed by atoms with Crippen LogP contribution in [0.15, 0.2) is 48.5 Å². The van der Waals surface area contributed by atoms with Crippen LogP contribution in [0, 0.1) is 0 Å². The molecule has 2 aromatic rings. The van der Waals surface area contributed by atoms with Crippen LogP contribution in [0.3, 0.4) is 0 Å². The van der Waals surface area contributed by atoms with Gasteiger partial charge in [0.2, 0.25) is 0 Å². The Bertz CT molecular complexity index is 869. The van der Waals surface area contributed by atoms with Crippen molar-refractivity contribution in [3.63, 3.8) is 0 Å². The number of hydrogen-bond donors (Lipinski definition) is 3. The molecule has 166 valence electrons. The molecule has 0 aliphatic rings. The highest BCUT2D eigenvalue weighted by molar-refractivity contribution is 7.80. The largest absolute Gasteiger partial charge is 0.494 e. The fourth-order valence-corrected chi connectivity index (χ4v) is 2.71. The Kier molecular flexibility index (Phi) is 9.77. The molecular formula is C23H29N3O4S. The van der Waals surface area contributed by atoms with Crippen molar-refractivity contribution >= 4 is 29.1 Å². The molecule has 0 heterocycles. The van der Waals surface area contributed by atoms with Crippen molar-refractivity contribution < 1.29 is 19.1 Å². The maximum Gasteiger partial charge on any atom is 0.276 e. The summed E-state index contributed by atoms with van der Waals surface area (Å²) in [5, 5.41) is 2.47. The lowest BCUT2D eigenvalue weighted by Gasteiger charge is -2.12. The third kappa shape index (κ3) is 8.25. The number of ether oxygens (including phenoxy) is 2. The molecule has 31 heavy (non-hydrogen) atoms. The Balaban J connectivity index is 1.71. The lowest BCUT2D eigenvalue weighted by atomic mass is 9.99. The van der Waals surface area contributed by atoms with E-state index < -0.39 is 11.8 Å². The number of carbonyl (C=O) groups is 2. The second-order valence-corrected chi connectivity index (χ2v) is 7.40. The van der Waals surface area contributed by atoms with E-state index in [4.69, 9.17) is 21.7 Å². The van der Waals surface area contributed by atoms with Crippen molar-refractivity contribution in [2.45, 2.75) is 39.5 Å². The van der Waals surface area contributed by atoms with E-state index in [2.05, 4.69) is 30.0 Å². The molecule has 1 atom stereocenters. The van der Waals surface area contributed by atoms with Crippen molar-refractivity contribution in [3.8, 4) is 11.5 Å². The molecule has 2 rings (SSSR count). The normalized spacial score (nSPS) is 11.2. The zero-order chi connectivity index (χ0) is 22.6. The van der Waals surface area contributed by atoms with Gasteiger partial charge in [0, 0.05) is 5.56 Å². The molecule has 0 aromatic heterocycles. The predicted molar refractivity (Wildman–Crippen MR) is 124 cm³/mol. The van der Waals surface area contributed by atoms with Crippen molar-refractivity contribution in [2.24, 2.45) is 0 Å². The molecule has 0 fully saturated rings. The Morgan fingerprint density at radius 1 is 0.935 bits per heavy atom. The van der Waals surface area contributed by atoms with Crippen molar-refractivity contribution in [3.05, 3.63) is 59.7 Å². The SMILES string of the molecule is CCCOc1ccc(C(=O)NC(=S)NNC(=O)COc2ccc(C(C)CC)cc2)cc1. The van der Waals surface area contributed by atoms with E-state index in [1.165, 1.54) is 5.56 Å². The third-order valence-electron chi connectivity index (χ3n) is 4.56. The molecule has 3 N–H and O–H groups in total. The van der Waals surface area contributed by atoms with Crippen LogP contribution in [-0.2, 0) is 4.79 Å². The first-order valence-corrected chi connectivity index (χ1v) is 10.7. The minimum absolute atomic E-state index is 0.0254. The summed E-state index contributed by atoms with van der Waals surface area (Å²) in [5.74, 6) is 0.946. The Labute approximate surface area is 188 Å². The third-order valence-corrected chi connectivity index (χ3v) is 4.77. The summed E-state index contributed by atoms with van der Waals surface area (Å²) in [4.78, 5) is 24.2. The van der Waals surface area contributed by atoms with Gasteiger partial charge in [-0.15, -0.1) is 0 Å². The van der Waals surface area contributed by atoms with Crippen molar-refractivity contribution in [2.75, 3.05) is 13.2 Å². The van der Waals surface area contributed by atoms with Gasteiger partial charge in [-0.1, -0.05) is 32.9 Å². The quantitative estimate of drug-likeness (QED) is 0.405. The number of thiocarbonyl (C=S) groups is 1. The highest BCUT2D eigenvalue weighted by Gasteiger charge is 2.10. The average Bonchev–Trinajstić information content (AvgIpc) is 2.80. The summed E-state index contributed by atoms with van der Waals surface area (Å²) < 4.78 is 10.9. The van der Waals surface area contributed by atoms with E-state index in [-0.39, 0.29) is 11.7 Å². The van der Waals surface area contributed by atoms with Gasteiger partial charge in [0.25, 0.3) is 11.8 Å². The molecule has 7 nitrogen and oxygen atoms in total. The number of nitrogens with one attached hydrogen (secondary N) is 3. The van der Waals surface area contributed by atoms with E-state index in [9.17, 15) is 9.59 Å². The van der Waals surface area contributed by atoms with Gasteiger partial charge >= 0.3 is 0 Å². The first-order chi connectivity index (χ1) is 14.9. The highest BCUT2D eigenvalue weighted by Crippen LogP contribution is 2.21. The van der Waals surface area contributed by atoms with Gasteiger partial charge in [0.1, 0.15) is 11.5 Å². The Morgan fingerprint density at radius 2 is 1.55 bits per heavy atom. The summed E-state index contributed by atoms with van der Waals surface area (Å²) in [7, 11) is 0. The molecule has 2 amide bonds. The lowest BCUT2D eigenvalue weighted by Crippen LogP contribution is -2.49. The topological polar surface area (TPSA) is 88.7 Å². The molecule has 0 saturated heterocycles. The average molecular weight is 444 g/mol. The maximum absolute atomic E-state index is 12.2. The first kappa shape index (κ1) is 24.1. The van der Waals surface area contributed by atoms with Gasteiger partial charge < -0.3 is 9.47 Å². The van der Waals surface area contributed by atoms with Gasteiger partial charge in [0.05, 0.1) is 6.61 Å². The number of hydrogen-bond acceptors (Lipinski definition) is 5. The van der Waals surface area contributed by atoms with Crippen molar-refractivity contribution in [1.82, 2.24) is 16.2 Å². The summed E-state index contributed by atoms with van der Waals surface area (Å²) in [6, 6.07) is 14.4. The first-order valence-electron chi connectivity index (χ1n) is 10.3. The number of amides is 2. The van der Waals surface area contributed by atoms with Crippen molar-refractivity contribution in [1.29, 1.82) is 0 Å². The summed E-state index contributed by atoms with van der Waals surface area (Å²) >= 11 is 5.04. The van der Waals surface area contributed by atoms with Crippen LogP contribution in [0.25, 0.3) is 0 Å². The van der Waals surface area contributed by atoms with Crippen LogP contribution in [0.5, 0.6) is 11.5 Å². The van der Waals surface area contributed by atoms with Gasteiger partial charge in [-0.3, -0.25) is 25.8 Å². The number of rotatable bonds is 9. The summed E-state index contributed by atoms with van der Waals surface area (Å²) in [5.41, 5.74) is 6.52. The van der Waals surface area contributed by atoms with E-state index in [1.807, 2.05) is 31.2 Å². The number of benzene rings is 2. The molecule has 1 unspecified atom stereocenters. The molecule has 0 aliphatic heterocycles. The summed E-state index contributed by atoms with van der Waals surface area (Å²) in [6.07, 6.45) is 1.97. The molecule has 0 spiro atoms. The van der Waals surface area contributed by atoms with E-state index >= 15 is 0 Å². The van der Waals surface area contributed by atoms with Gasteiger partial charge in [-0.25, -0.2) is 0 Å². The predicted octanol–water partition coefficient (Wildman–Crippen LogP) is 3.70. The van der Waals surface area contributed by atoms with Crippen LogP contribution < -0.4 is 25.6 Å². The fraction of sp³-hybridized carbons (Fsp3) is 0.348. The van der Waals surface area contributed by atoms with Crippen LogP contribution in [-0.4, -0.2) is 30.1 Å². The lowest BCUT2D eigenvalue weighted by molar-refractivity contribution is -0.123. The van der Waals surface area contributed by atoms with E-state index in [0.29, 0.717) is 29.6 Å². The maximum atomic E-state index is 12.2. The monoisotopic (exact) mass is 443 g/mol. The molecular weight excluding hydrogens is 414 g/mol. The van der Waals surface area contributed by atoms with Gasteiger partial charge in [-0.2, -0.15) is 0 Å². The standard InChI is InChI=1S/C23H29N3O4S/c1-4-14-29-19-12-8-18(9-13-19)22(28)24-23(31)26-25-21(27)15-30-20-10-6-17(7-11-20)16(3)5-2/h6-13,16H,4-5,14-15H2,1-3H3,(H,25,27)(H2,24,26,28,31). The highest BCUT2D eigenvalue weighted by atomic mass is 32.1. The minimum Gasteiger partial charge on any atom is -0.494 e. The Morgan fingerprint density at radius 3 is 2.16 bits per heavy atom. The fourth-order valence-electron chi connectivity index (χ4n) is 2.57. The van der Waals surface area contributed by atoms with Crippen LogP contribution in [0.4, 0.5) is 0 Å². The number of hydrazine groups is 1. The molecule has 0 aliphatic carbocycles. The van der Waals surface area contributed by atoms with Gasteiger partial charge in [-0.05, 0) is 72.9 Å². The van der Waals surface area contributed by atoms with E-state index in [0.717, 1.165) is 12.8 Å². The molecule has 0 bridgehead atoms. The zero-order valence-electron chi connectivity index (χ0n) is 18.1. The molecule has 8 heteroatoms. The molecule has 0 saturated carbocycles. The summed E-state index contributed by atoms with van der Waals surface area (Å²) in [6.45, 7) is 6.75. The molecule has 0 radical (unpaired) electrons. The van der Waals surface area contributed by atoms with Crippen LogP contribution in [0.2, 0.25) is 0 Å². The van der Waals surface area contributed by atoms with E-state index in [1.54, 1.807) is 24.3 Å². The van der Waals surface area contributed by atoms with Gasteiger partial charge in [0.15, 0.2) is 11.7 Å². The zero-order valence-corrected chi connectivity index (χ0v) is 18.9.